The first-order chi connectivity index (χ1) is 13.7. The van der Waals surface area contributed by atoms with E-state index in [9.17, 15) is 13.2 Å². The van der Waals surface area contributed by atoms with Crippen LogP contribution >= 0.6 is 0 Å². The summed E-state index contributed by atoms with van der Waals surface area (Å²) in [6.07, 6.45) is -0.867. The van der Waals surface area contributed by atoms with E-state index in [1.54, 1.807) is 0 Å². The number of piperidine rings is 1. The minimum atomic E-state index is -5.08. The molecule has 0 spiro atoms. The zero-order valence-corrected chi connectivity index (χ0v) is 15.7. The minimum absolute atomic E-state index is 0.0361. The topological polar surface area (TPSA) is 102 Å². The molecule has 158 valence electrons. The molecule has 11 heteroatoms. The van der Waals surface area contributed by atoms with Crippen LogP contribution < -0.4 is 0 Å². The third kappa shape index (κ3) is 5.73. The number of likely N-dealkylation sites (tertiary alicyclic amines) is 1. The molecule has 2 aromatic rings. The standard InChI is InChI=1S/C16H20N4O2.C2HF3O2/c1-11-18-16(22-19-11)14-8-12-5-7-20(10-15(12)21-14)9-13-4-2-3-6-17-13;3-2(4,5)1(6)7/h2-4,6,12,14-15H,5,7-10H2,1H3;(H,6,7)/t12-,14+,15+;/m0./s1. The number of nitrogens with zero attached hydrogens (tertiary/aromatic N) is 4. The smallest absolute Gasteiger partial charge is 0.475 e. The molecule has 2 aliphatic rings. The number of hydrogen-bond acceptors (Lipinski definition) is 7. The molecule has 0 amide bonds. The van der Waals surface area contributed by atoms with Gasteiger partial charge in [-0.1, -0.05) is 11.2 Å². The maximum atomic E-state index is 10.6. The summed E-state index contributed by atoms with van der Waals surface area (Å²) >= 11 is 0. The van der Waals surface area contributed by atoms with Crippen molar-refractivity contribution in [3.8, 4) is 0 Å². The Morgan fingerprint density at radius 2 is 2.14 bits per heavy atom. The molecule has 4 heterocycles. The zero-order chi connectivity index (χ0) is 21.0. The molecule has 29 heavy (non-hydrogen) atoms. The van der Waals surface area contributed by atoms with Crippen molar-refractivity contribution in [1.29, 1.82) is 0 Å². The zero-order valence-electron chi connectivity index (χ0n) is 15.7. The number of alkyl halides is 3. The Balaban J connectivity index is 0.000000298. The van der Waals surface area contributed by atoms with Gasteiger partial charge in [0.15, 0.2) is 5.82 Å². The number of ether oxygens (including phenoxy) is 1. The summed E-state index contributed by atoms with van der Waals surface area (Å²) in [5, 5.41) is 11.0. The second kappa shape index (κ2) is 8.87. The van der Waals surface area contributed by atoms with E-state index in [4.69, 9.17) is 19.2 Å². The predicted molar refractivity (Wildman–Crippen MR) is 92.6 cm³/mol. The van der Waals surface area contributed by atoms with Crippen LogP contribution in [0.1, 0.15) is 36.4 Å². The van der Waals surface area contributed by atoms with E-state index >= 15 is 0 Å². The van der Waals surface area contributed by atoms with E-state index in [1.165, 1.54) is 0 Å². The van der Waals surface area contributed by atoms with Crippen molar-refractivity contribution in [3.05, 3.63) is 41.8 Å². The van der Waals surface area contributed by atoms with Crippen molar-refractivity contribution in [3.63, 3.8) is 0 Å². The first-order valence-electron chi connectivity index (χ1n) is 9.10. The van der Waals surface area contributed by atoms with Gasteiger partial charge in [-0.25, -0.2) is 4.79 Å². The predicted octanol–water partition coefficient (Wildman–Crippen LogP) is 2.76. The van der Waals surface area contributed by atoms with Crippen LogP contribution in [0.25, 0.3) is 0 Å². The molecule has 0 bridgehead atoms. The lowest BCUT2D eigenvalue weighted by atomic mass is 9.91. The number of rotatable bonds is 3. The second-order valence-electron chi connectivity index (χ2n) is 6.99. The number of fused-ring (bicyclic) bond motifs is 1. The van der Waals surface area contributed by atoms with Crippen molar-refractivity contribution < 1.29 is 32.3 Å². The maximum absolute atomic E-state index is 10.6. The van der Waals surface area contributed by atoms with Gasteiger partial charge in [0, 0.05) is 19.3 Å². The van der Waals surface area contributed by atoms with Gasteiger partial charge in [0.05, 0.1) is 11.8 Å². The highest BCUT2D eigenvalue weighted by Gasteiger charge is 2.41. The summed E-state index contributed by atoms with van der Waals surface area (Å²) in [6, 6.07) is 6.06. The molecule has 0 aromatic carbocycles. The van der Waals surface area contributed by atoms with Gasteiger partial charge >= 0.3 is 12.1 Å². The van der Waals surface area contributed by atoms with E-state index in [0.29, 0.717) is 17.6 Å². The van der Waals surface area contributed by atoms with Gasteiger partial charge in [-0.2, -0.15) is 18.2 Å². The molecule has 2 saturated heterocycles. The average Bonchev–Trinajstić information content (AvgIpc) is 3.28. The van der Waals surface area contributed by atoms with Crippen LogP contribution in [0.4, 0.5) is 13.2 Å². The molecule has 2 fully saturated rings. The van der Waals surface area contributed by atoms with Gasteiger partial charge in [-0.05, 0) is 44.4 Å². The monoisotopic (exact) mass is 414 g/mol. The van der Waals surface area contributed by atoms with Crippen molar-refractivity contribution in [2.75, 3.05) is 13.1 Å². The van der Waals surface area contributed by atoms with Crippen molar-refractivity contribution in [1.82, 2.24) is 20.0 Å². The van der Waals surface area contributed by atoms with Gasteiger partial charge in [0.2, 0.25) is 0 Å². The highest BCUT2D eigenvalue weighted by Crippen LogP contribution is 2.40. The summed E-state index contributed by atoms with van der Waals surface area (Å²) in [4.78, 5) is 20.0. The fourth-order valence-corrected chi connectivity index (χ4v) is 3.46. The largest absolute Gasteiger partial charge is 0.490 e. The van der Waals surface area contributed by atoms with Gasteiger partial charge in [-0.3, -0.25) is 9.88 Å². The fourth-order valence-electron chi connectivity index (χ4n) is 3.46. The third-order valence-electron chi connectivity index (χ3n) is 4.81. The number of carboxylic acid groups (broad SMARTS) is 1. The van der Waals surface area contributed by atoms with Crippen LogP contribution in [0.3, 0.4) is 0 Å². The number of halogens is 3. The molecular formula is C18H21F3N4O4. The molecule has 2 aromatic heterocycles. The molecule has 0 saturated carbocycles. The van der Waals surface area contributed by atoms with Crippen LogP contribution in [0.5, 0.6) is 0 Å². The average molecular weight is 414 g/mol. The summed E-state index contributed by atoms with van der Waals surface area (Å²) in [6.45, 7) is 4.77. The van der Waals surface area contributed by atoms with Crippen molar-refractivity contribution in [2.45, 2.75) is 44.7 Å². The van der Waals surface area contributed by atoms with Crippen molar-refractivity contribution >= 4 is 5.97 Å². The summed E-state index contributed by atoms with van der Waals surface area (Å²) in [5.74, 6) is -0.863. The van der Waals surface area contributed by atoms with Crippen LogP contribution in [0.2, 0.25) is 0 Å². The SMILES string of the molecule is Cc1noc([C@H]2C[C@@H]3CCN(Cc4ccccn4)C[C@H]3O2)n1.O=C(O)C(F)(F)F. The molecule has 8 nitrogen and oxygen atoms in total. The van der Waals surface area contributed by atoms with Gasteiger partial charge in [-0.15, -0.1) is 0 Å². The first-order valence-corrected chi connectivity index (χ1v) is 9.10. The fraction of sp³-hybridized carbons (Fsp3) is 0.556. The normalized spacial score (nSPS) is 24.5. The van der Waals surface area contributed by atoms with Crippen LogP contribution in [0.15, 0.2) is 28.9 Å². The number of aliphatic carboxylic acids is 1. The second-order valence-corrected chi connectivity index (χ2v) is 6.99. The summed E-state index contributed by atoms with van der Waals surface area (Å²) in [5.41, 5.74) is 1.11. The van der Waals surface area contributed by atoms with Crippen LogP contribution in [0, 0.1) is 12.8 Å². The Kier molecular flexibility index (Phi) is 6.48. The van der Waals surface area contributed by atoms with E-state index in [1.807, 2.05) is 25.3 Å². The Morgan fingerprint density at radius 3 is 2.72 bits per heavy atom. The number of carbonyl (C=O) groups is 1. The highest BCUT2D eigenvalue weighted by atomic mass is 19.4. The van der Waals surface area contributed by atoms with E-state index in [-0.39, 0.29) is 12.2 Å². The van der Waals surface area contributed by atoms with Gasteiger partial charge < -0.3 is 14.4 Å². The molecule has 0 radical (unpaired) electrons. The van der Waals surface area contributed by atoms with Gasteiger partial charge in [0.25, 0.3) is 5.89 Å². The summed E-state index contributed by atoms with van der Waals surface area (Å²) < 4.78 is 43.2. The number of aryl methyl sites for hydroxylation is 1. The minimum Gasteiger partial charge on any atom is -0.475 e. The Bertz CT molecular complexity index is 815. The molecular weight excluding hydrogens is 393 g/mol. The lowest BCUT2D eigenvalue weighted by Crippen LogP contribution is -2.41. The molecule has 0 aliphatic carbocycles. The Morgan fingerprint density at radius 1 is 1.38 bits per heavy atom. The molecule has 3 atom stereocenters. The van der Waals surface area contributed by atoms with Gasteiger partial charge in [0.1, 0.15) is 6.10 Å². The third-order valence-corrected chi connectivity index (χ3v) is 4.81. The number of aromatic nitrogens is 3. The first kappa shape index (κ1) is 21.2. The van der Waals surface area contributed by atoms with Crippen LogP contribution in [-0.4, -0.2) is 56.5 Å². The van der Waals surface area contributed by atoms with Crippen LogP contribution in [-0.2, 0) is 16.1 Å². The van der Waals surface area contributed by atoms with E-state index in [0.717, 1.165) is 38.2 Å². The molecule has 4 rings (SSSR count). The molecule has 1 N–H and O–H groups in total. The Labute approximate surface area is 164 Å². The quantitative estimate of drug-likeness (QED) is 0.818. The lowest BCUT2D eigenvalue weighted by Gasteiger charge is -2.33. The molecule has 2 aliphatic heterocycles. The number of carboxylic acids is 1. The van der Waals surface area contributed by atoms with E-state index in [2.05, 4.69) is 26.1 Å². The number of hydrogen-bond donors (Lipinski definition) is 1. The van der Waals surface area contributed by atoms with E-state index < -0.39 is 12.1 Å². The number of pyridine rings is 1. The van der Waals surface area contributed by atoms with Crippen molar-refractivity contribution in [2.24, 2.45) is 5.92 Å². The Hall–Kier alpha value is -2.53. The summed E-state index contributed by atoms with van der Waals surface area (Å²) in [7, 11) is 0. The maximum Gasteiger partial charge on any atom is 0.490 e. The highest BCUT2D eigenvalue weighted by molar-refractivity contribution is 5.73. The lowest BCUT2D eigenvalue weighted by molar-refractivity contribution is -0.192. The molecule has 0 unspecified atom stereocenters.